The molecule has 0 atom stereocenters. The predicted molar refractivity (Wildman–Crippen MR) is 72.9 cm³/mol. The molecule has 0 aliphatic rings. The highest BCUT2D eigenvalue weighted by Crippen LogP contribution is 2.16. The van der Waals surface area contributed by atoms with Crippen LogP contribution in [0.4, 0.5) is 0 Å². The molecule has 0 aromatic heterocycles. The highest BCUT2D eigenvalue weighted by Gasteiger charge is 2.21. The van der Waals surface area contributed by atoms with Gasteiger partial charge in [0.25, 0.3) is 5.91 Å². The van der Waals surface area contributed by atoms with E-state index >= 15 is 0 Å². The minimum atomic E-state index is -0.109. The number of nitrogens with one attached hydrogen (secondary N) is 1. The molecule has 100 valence electrons. The number of hydrogen-bond acceptors (Lipinski definition) is 3. The first kappa shape index (κ1) is 14.5. The average molecular weight is 250 g/mol. The van der Waals surface area contributed by atoms with Crippen molar-refractivity contribution >= 4 is 5.91 Å². The van der Waals surface area contributed by atoms with Gasteiger partial charge in [0.05, 0.1) is 0 Å². The lowest BCUT2D eigenvalue weighted by molar-refractivity contribution is 0.0919. The third kappa shape index (κ3) is 3.47. The van der Waals surface area contributed by atoms with Crippen LogP contribution in [-0.4, -0.2) is 42.1 Å². The topological polar surface area (TPSA) is 52.6 Å². The van der Waals surface area contributed by atoms with E-state index in [0.29, 0.717) is 12.1 Å². The standard InChI is InChI=1S/C14H22N2O2/c1-10-8-11(17)6-7-12(10)13(18)15-9-14(2,3)16(4)5/h6-8,17H,9H2,1-5H3,(H,15,18). The molecule has 1 amide bonds. The summed E-state index contributed by atoms with van der Waals surface area (Å²) in [5, 5.41) is 12.2. The van der Waals surface area contributed by atoms with Gasteiger partial charge >= 0.3 is 0 Å². The minimum Gasteiger partial charge on any atom is -0.508 e. The highest BCUT2D eigenvalue weighted by atomic mass is 16.3. The number of amides is 1. The molecule has 1 aromatic rings. The van der Waals surface area contributed by atoms with E-state index in [-0.39, 0.29) is 17.2 Å². The van der Waals surface area contributed by atoms with Gasteiger partial charge in [0.2, 0.25) is 0 Å². The smallest absolute Gasteiger partial charge is 0.251 e. The van der Waals surface area contributed by atoms with E-state index in [1.807, 2.05) is 21.0 Å². The largest absolute Gasteiger partial charge is 0.508 e. The average Bonchev–Trinajstić information content (AvgIpc) is 2.25. The van der Waals surface area contributed by atoms with Gasteiger partial charge in [-0.1, -0.05) is 0 Å². The highest BCUT2D eigenvalue weighted by molar-refractivity contribution is 5.95. The number of rotatable bonds is 4. The van der Waals surface area contributed by atoms with Crippen molar-refractivity contribution in [2.75, 3.05) is 20.6 Å². The zero-order valence-electron chi connectivity index (χ0n) is 11.7. The second-order valence-corrected chi connectivity index (χ2v) is 5.39. The third-order valence-electron chi connectivity index (χ3n) is 3.35. The number of aromatic hydroxyl groups is 1. The predicted octanol–water partition coefficient (Wildman–Crippen LogP) is 1.77. The number of carbonyl (C=O) groups is 1. The molecule has 0 unspecified atom stereocenters. The summed E-state index contributed by atoms with van der Waals surface area (Å²) in [7, 11) is 3.97. The second-order valence-electron chi connectivity index (χ2n) is 5.39. The molecule has 0 fully saturated rings. The number of phenols is 1. The Morgan fingerprint density at radius 1 is 1.39 bits per heavy atom. The molecule has 0 heterocycles. The Balaban J connectivity index is 2.72. The minimum absolute atomic E-state index is 0.0967. The van der Waals surface area contributed by atoms with Crippen molar-refractivity contribution in [3.05, 3.63) is 29.3 Å². The van der Waals surface area contributed by atoms with Crippen LogP contribution in [0.3, 0.4) is 0 Å². The molecule has 1 rings (SSSR count). The Hall–Kier alpha value is -1.55. The first-order valence-electron chi connectivity index (χ1n) is 5.99. The first-order chi connectivity index (χ1) is 8.24. The van der Waals surface area contributed by atoms with Gasteiger partial charge in [0.15, 0.2) is 0 Å². The number of carbonyl (C=O) groups excluding carboxylic acids is 1. The van der Waals surface area contributed by atoms with Crippen LogP contribution in [0.2, 0.25) is 0 Å². The number of phenolic OH excluding ortho intramolecular Hbond substituents is 1. The molecule has 0 aliphatic heterocycles. The Bertz CT molecular complexity index is 439. The fourth-order valence-corrected chi connectivity index (χ4v) is 1.45. The van der Waals surface area contributed by atoms with Crippen LogP contribution < -0.4 is 5.32 Å². The maximum atomic E-state index is 12.0. The lowest BCUT2D eigenvalue weighted by Crippen LogP contribution is -2.48. The monoisotopic (exact) mass is 250 g/mol. The van der Waals surface area contributed by atoms with Crippen molar-refractivity contribution in [2.45, 2.75) is 26.3 Å². The van der Waals surface area contributed by atoms with Gasteiger partial charge in [-0.15, -0.1) is 0 Å². The van der Waals surface area contributed by atoms with E-state index in [9.17, 15) is 9.90 Å². The number of aryl methyl sites for hydroxylation is 1. The molecule has 0 aliphatic carbocycles. The van der Waals surface area contributed by atoms with Crippen molar-refractivity contribution in [3.63, 3.8) is 0 Å². The molecule has 0 radical (unpaired) electrons. The molecule has 0 spiro atoms. The summed E-state index contributed by atoms with van der Waals surface area (Å²) in [4.78, 5) is 14.1. The van der Waals surface area contributed by atoms with Crippen LogP contribution in [0.25, 0.3) is 0 Å². The number of likely N-dealkylation sites (N-methyl/N-ethyl adjacent to an activating group) is 1. The van der Waals surface area contributed by atoms with Gasteiger partial charge in [0, 0.05) is 17.6 Å². The van der Waals surface area contributed by atoms with E-state index in [2.05, 4.69) is 24.1 Å². The van der Waals surface area contributed by atoms with Crippen LogP contribution >= 0.6 is 0 Å². The van der Waals surface area contributed by atoms with Crippen LogP contribution in [0.5, 0.6) is 5.75 Å². The summed E-state index contributed by atoms with van der Waals surface area (Å²) in [6.45, 7) is 6.51. The van der Waals surface area contributed by atoms with Gasteiger partial charge < -0.3 is 15.3 Å². The summed E-state index contributed by atoms with van der Waals surface area (Å²) >= 11 is 0. The van der Waals surface area contributed by atoms with Gasteiger partial charge in [-0.2, -0.15) is 0 Å². The number of nitrogens with zero attached hydrogens (tertiary/aromatic N) is 1. The van der Waals surface area contributed by atoms with Crippen molar-refractivity contribution in [1.29, 1.82) is 0 Å². The summed E-state index contributed by atoms with van der Waals surface area (Å²) in [5.74, 6) is 0.0695. The van der Waals surface area contributed by atoms with Crippen LogP contribution in [0.1, 0.15) is 29.8 Å². The maximum absolute atomic E-state index is 12.0. The zero-order chi connectivity index (χ0) is 13.9. The third-order valence-corrected chi connectivity index (χ3v) is 3.35. The van der Waals surface area contributed by atoms with Crippen molar-refractivity contribution in [2.24, 2.45) is 0 Å². The fraction of sp³-hybridized carbons (Fsp3) is 0.500. The van der Waals surface area contributed by atoms with E-state index in [1.165, 1.54) is 6.07 Å². The second kappa shape index (κ2) is 5.40. The molecule has 2 N–H and O–H groups in total. The van der Waals surface area contributed by atoms with Gasteiger partial charge in [-0.25, -0.2) is 0 Å². The summed E-state index contributed by atoms with van der Waals surface area (Å²) < 4.78 is 0. The van der Waals surface area contributed by atoms with Crippen molar-refractivity contribution in [1.82, 2.24) is 10.2 Å². The fourth-order valence-electron chi connectivity index (χ4n) is 1.45. The quantitative estimate of drug-likeness (QED) is 0.856. The Morgan fingerprint density at radius 2 is 2.00 bits per heavy atom. The molecule has 0 saturated heterocycles. The molecular formula is C14H22N2O2. The van der Waals surface area contributed by atoms with Gasteiger partial charge in [-0.3, -0.25) is 4.79 Å². The van der Waals surface area contributed by atoms with Crippen LogP contribution in [0, 0.1) is 6.92 Å². The summed E-state index contributed by atoms with van der Waals surface area (Å²) in [6, 6.07) is 4.76. The molecule has 18 heavy (non-hydrogen) atoms. The summed E-state index contributed by atoms with van der Waals surface area (Å²) in [5.41, 5.74) is 1.28. The van der Waals surface area contributed by atoms with Crippen LogP contribution in [-0.2, 0) is 0 Å². The molecule has 4 nitrogen and oxygen atoms in total. The van der Waals surface area contributed by atoms with Crippen LogP contribution in [0.15, 0.2) is 18.2 Å². The van der Waals surface area contributed by atoms with Crippen molar-refractivity contribution < 1.29 is 9.90 Å². The van der Waals surface area contributed by atoms with E-state index in [0.717, 1.165) is 5.56 Å². The molecule has 1 aromatic carbocycles. The SMILES string of the molecule is Cc1cc(O)ccc1C(=O)NCC(C)(C)N(C)C. The maximum Gasteiger partial charge on any atom is 0.251 e. The Labute approximate surface area is 109 Å². The lowest BCUT2D eigenvalue weighted by atomic mass is 10.0. The van der Waals surface area contributed by atoms with Gasteiger partial charge in [-0.05, 0) is 58.6 Å². The Kier molecular flexibility index (Phi) is 4.35. The normalized spacial score (nSPS) is 11.7. The van der Waals surface area contributed by atoms with E-state index in [1.54, 1.807) is 12.1 Å². The molecule has 0 bridgehead atoms. The van der Waals surface area contributed by atoms with E-state index in [4.69, 9.17) is 0 Å². The first-order valence-corrected chi connectivity index (χ1v) is 5.99. The van der Waals surface area contributed by atoms with Crippen molar-refractivity contribution in [3.8, 4) is 5.75 Å². The Morgan fingerprint density at radius 3 is 2.50 bits per heavy atom. The zero-order valence-corrected chi connectivity index (χ0v) is 11.7. The molecular weight excluding hydrogens is 228 g/mol. The molecule has 0 saturated carbocycles. The summed E-state index contributed by atoms with van der Waals surface area (Å²) in [6.07, 6.45) is 0. The lowest BCUT2D eigenvalue weighted by Gasteiger charge is -2.32. The number of hydrogen-bond donors (Lipinski definition) is 2. The van der Waals surface area contributed by atoms with E-state index < -0.39 is 0 Å². The number of benzene rings is 1. The molecule has 4 heteroatoms. The van der Waals surface area contributed by atoms with Gasteiger partial charge in [0.1, 0.15) is 5.75 Å².